The molecule has 0 bridgehead atoms. The van der Waals surface area contributed by atoms with Gasteiger partial charge in [-0.15, -0.1) is 10.2 Å². The number of piperidine rings is 1. The Morgan fingerprint density at radius 2 is 1.94 bits per heavy atom. The Hall–Kier alpha value is -2.75. The number of halogens is 1. The third-order valence-corrected chi connectivity index (χ3v) is 7.45. The van der Waals surface area contributed by atoms with Crippen molar-refractivity contribution < 1.29 is 22.4 Å². The van der Waals surface area contributed by atoms with Crippen LogP contribution in [0.1, 0.15) is 19.8 Å². The summed E-state index contributed by atoms with van der Waals surface area (Å²) in [6.45, 7) is 2.40. The van der Waals surface area contributed by atoms with E-state index < -0.39 is 15.9 Å². The van der Waals surface area contributed by atoms with Crippen LogP contribution >= 0.6 is 11.6 Å². The Bertz CT molecular complexity index is 1210. The van der Waals surface area contributed by atoms with Gasteiger partial charge in [-0.25, -0.2) is 8.42 Å². The lowest BCUT2D eigenvalue weighted by Gasteiger charge is -2.30. The highest BCUT2D eigenvalue weighted by molar-refractivity contribution is 7.89. The zero-order valence-electron chi connectivity index (χ0n) is 17.4. The zero-order chi connectivity index (χ0) is 22.7. The lowest BCUT2D eigenvalue weighted by molar-refractivity contribution is -0.149. The summed E-state index contributed by atoms with van der Waals surface area (Å²) < 4.78 is 38.7. The predicted molar refractivity (Wildman–Crippen MR) is 118 cm³/mol. The van der Waals surface area contributed by atoms with Crippen LogP contribution in [0.15, 0.2) is 57.8 Å². The first-order chi connectivity index (χ1) is 15.4. The van der Waals surface area contributed by atoms with Gasteiger partial charge in [0.1, 0.15) is 0 Å². The van der Waals surface area contributed by atoms with Crippen LogP contribution in [-0.4, -0.2) is 48.6 Å². The van der Waals surface area contributed by atoms with Crippen molar-refractivity contribution >= 4 is 27.6 Å². The second-order valence-corrected chi connectivity index (χ2v) is 9.72. The summed E-state index contributed by atoms with van der Waals surface area (Å²) in [5, 5.41) is 8.38. The van der Waals surface area contributed by atoms with E-state index in [0.29, 0.717) is 30.8 Å². The van der Waals surface area contributed by atoms with Gasteiger partial charge in [0.25, 0.3) is 0 Å². The fourth-order valence-electron chi connectivity index (χ4n) is 3.62. The van der Waals surface area contributed by atoms with Gasteiger partial charge in [0, 0.05) is 18.7 Å². The molecule has 3 aromatic rings. The molecule has 168 valence electrons. The molecular weight excluding hydrogens is 454 g/mol. The summed E-state index contributed by atoms with van der Waals surface area (Å²) in [5.74, 6) is -0.426. The van der Waals surface area contributed by atoms with Gasteiger partial charge < -0.3 is 9.15 Å². The highest BCUT2D eigenvalue weighted by Gasteiger charge is 2.34. The lowest BCUT2D eigenvalue weighted by Crippen LogP contribution is -2.42. The molecule has 1 fully saturated rings. The quantitative estimate of drug-likeness (QED) is 0.496. The molecule has 1 aliphatic rings. The largest absolute Gasteiger partial charge is 0.466 e. The molecule has 0 N–H and O–H groups in total. The maximum Gasteiger partial charge on any atom is 0.310 e. The average molecular weight is 476 g/mol. The first-order valence-corrected chi connectivity index (χ1v) is 12.1. The van der Waals surface area contributed by atoms with Crippen LogP contribution in [0.3, 0.4) is 0 Å². The first-order valence-electron chi connectivity index (χ1n) is 10.3. The number of sulfonamides is 1. The van der Waals surface area contributed by atoms with Gasteiger partial charge in [-0.3, -0.25) is 4.79 Å². The molecule has 0 spiro atoms. The van der Waals surface area contributed by atoms with E-state index in [1.54, 1.807) is 6.92 Å². The summed E-state index contributed by atoms with van der Waals surface area (Å²) in [6.07, 6.45) is 1.17. The lowest BCUT2D eigenvalue weighted by atomic mass is 10.0. The second-order valence-electron chi connectivity index (χ2n) is 7.37. The molecule has 32 heavy (non-hydrogen) atoms. The molecular formula is C22H22ClN3O5S. The van der Waals surface area contributed by atoms with E-state index in [1.807, 2.05) is 30.3 Å². The Balaban J connectivity index is 1.62. The molecule has 4 rings (SSSR count). The van der Waals surface area contributed by atoms with Crippen molar-refractivity contribution in [2.45, 2.75) is 24.7 Å². The third-order valence-electron chi connectivity index (χ3n) is 5.26. The molecule has 10 heteroatoms. The van der Waals surface area contributed by atoms with E-state index in [0.717, 1.165) is 5.56 Å². The molecule has 1 aliphatic heterocycles. The van der Waals surface area contributed by atoms with E-state index in [4.69, 9.17) is 20.8 Å². The topological polar surface area (TPSA) is 103 Å². The average Bonchev–Trinajstić information content (AvgIpc) is 3.30. The number of carbonyl (C=O) groups excluding carboxylic acids is 1. The molecule has 2 aromatic carbocycles. The number of esters is 1. The molecule has 2 heterocycles. The number of aromatic nitrogens is 2. The van der Waals surface area contributed by atoms with Gasteiger partial charge in [0.15, 0.2) is 0 Å². The molecule has 1 aromatic heterocycles. The fourth-order valence-corrected chi connectivity index (χ4v) is 5.37. The van der Waals surface area contributed by atoms with Crippen molar-refractivity contribution in [1.29, 1.82) is 0 Å². The summed E-state index contributed by atoms with van der Waals surface area (Å²) in [6, 6.07) is 13.6. The maximum absolute atomic E-state index is 13.3. The minimum absolute atomic E-state index is 0.0425. The summed E-state index contributed by atoms with van der Waals surface area (Å²) in [5.41, 5.74) is 1.06. The van der Waals surface area contributed by atoms with Crippen LogP contribution in [0.5, 0.6) is 0 Å². The van der Waals surface area contributed by atoms with Crippen LogP contribution in [0.25, 0.3) is 22.9 Å². The van der Waals surface area contributed by atoms with Crippen LogP contribution in [0.2, 0.25) is 5.02 Å². The fraction of sp³-hybridized carbons (Fsp3) is 0.318. The van der Waals surface area contributed by atoms with Gasteiger partial charge in [-0.05, 0) is 50.1 Å². The van der Waals surface area contributed by atoms with Crippen LogP contribution < -0.4 is 0 Å². The Morgan fingerprint density at radius 1 is 1.19 bits per heavy atom. The number of hydrogen-bond acceptors (Lipinski definition) is 7. The molecule has 1 atom stereocenters. The first kappa shape index (κ1) is 22.4. The van der Waals surface area contributed by atoms with Crippen molar-refractivity contribution in [3.05, 3.63) is 53.6 Å². The van der Waals surface area contributed by atoms with Crippen molar-refractivity contribution in [2.75, 3.05) is 19.7 Å². The van der Waals surface area contributed by atoms with Gasteiger partial charge in [0.05, 0.1) is 28.0 Å². The standard InChI is InChI=1S/C22H22ClN3O5S/c1-2-30-22(27)16-9-6-12-26(14-16)32(28,29)17-10-11-19(23)18(13-17)21-25-24-20(31-21)15-7-4-3-5-8-15/h3-5,7-8,10-11,13,16H,2,6,9,12,14H2,1H3. The SMILES string of the molecule is CCOC(=O)C1CCCN(S(=O)(=O)c2ccc(Cl)c(-c3nnc(-c4ccccc4)o3)c2)C1. The van der Waals surface area contributed by atoms with Crippen LogP contribution in [0, 0.1) is 5.92 Å². The van der Waals surface area contributed by atoms with Crippen molar-refractivity contribution in [1.82, 2.24) is 14.5 Å². The number of benzene rings is 2. The van der Waals surface area contributed by atoms with Crippen LogP contribution in [0.4, 0.5) is 0 Å². The zero-order valence-corrected chi connectivity index (χ0v) is 19.0. The second kappa shape index (κ2) is 9.40. The smallest absolute Gasteiger partial charge is 0.310 e. The monoisotopic (exact) mass is 475 g/mol. The summed E-state index contributed by atoms with van der Waals surface area (Å²) >= 11 is 6.32. The van der Waals surface area contributed by atoms with Gasteiger partial charge >= 0.3 is 5.97 Å². The predicted octanol–water partition coefficient (Wildman–Crippen LogP) is 4.02. The van der Waals surface area contributed by atoms with Crippen LogP contribution in [-0.2, 0) is 19.6 Å². The van der Waals surface area contributed by atoms with E-state index in [-0.39, 0.29) is 34.9 Å². The van der Waals surface area contributed by atoms with Gasteiger partial charge in [-0.2, -0.15) is 4.31 Å². The normalized spacial score (nSPS) is 17.2. The van der Waals surface area contributed by atoms with Gasteiger partial charge in [0.2, 0.25) is 21.8 Å². The molecule has 0 radical (unpaired) electrons. The Kier molecular flexibility index (Phi) is 6.59. The maximum atomic E-state index is 13.3. The molecule has 1 saturated heterocycles. The Labute approximate surface area is 191 Å². The van der Waals surface area contributed by atoms with Crippen molar-refractivity contribution in [3.8, 4) is 22.9 Å². The summed E-state index contributed by atoms with van der Waals surface area (Å²) in [7, 11) is -3.86. The molecule has 1 unspecified atom stereocenters. The highest BCUT2D eigenvalue weighted by Crippen LogP contribution is 2.33. The van der Waals surface area contributed by atoms with Crippen molar-refractivity contribution in [3.63, 3.8) is 0 Å². The summed E-state index contributed by atoms with van der Waals surface area (Å²) in [4.78, 5) is 12.2. The van der Waals surface area contributed by atoms with E-state index in [9.17, 15) is 13.2 Å². The molecule has 0 amide bonds. The van der Waals surface area contributed by atoms with E-state index in [1.165, 1.54) is 22.5 Å². The number of rotatable bonds is 6. The number of hydrogen-bond donors (Lipinski definition) is 0. The highest BCUT2D eigenvalue weighted by atomic mass is 35.5. The van der Waals surface area contributed by atoms with E-state index >= 15 is 0 Å². The molecule has 8 nitrogen and oxygen atoms in total. The molecule has 0 aliphatic carbocycles. The van der Waals surface area contributed by atoms with Gasteiger partial charge in [-0.1, -0.05) is 29.8 Å². The number of nitrogens with zero attached hydrogens (tertiary/aromatic N) is 3. The number of carbonyl (C=O) groups is 1. The third kappa shape index (κ3) is 4.55. The minimum atomic E-state index is -3.86. The Morgan fingerprint density at radius 3 is 2.69 bits per heavy atom. The molecule has 0 saturated carbocycles. The number of ether oxygens (including phenoxy) is 1. The van der Waals surface area contributed by atoms with Crippen molar-refractivity contribution in [2.24, 2.45) is 5.92 Å². The minimum Gasteiger partial charge on any atom is -0.466 e. The van der Waals surface area contributed by atoms with E-state index in [2.05, 4.69) is 10.2 Å².